The van der Waals surface area contributed by atoms with Crippen molar-refractivity contribution in [2.24, 2.45) is 0 Å². The van der Waals surface area contributed by atoms with Gasteiger partial charge in [0.25, 0.3) is 0 Å². The average molecular weight is 228 g/mol. The molecule has 0 amide bonds. The number of hydrogen-bond donors (Lipinski definition) is 1. The van der Waals surface area contributed by atoms with Crippen molar-refractivity contribution in [2.75, 3.05) is 33.3 Å². The Labute approximate surface area is 101 Å². The summed E-state index contributed by atoms with van der Waals surface area (Å²) in [6, 6.07) is 0.752. The van der Waals surface area contributed by atoms with E-state index in [1.54, 1.807) is 0 Å². The Morgan fingerprint density at radius 2 is 2.12 bits per heavy atom. The molecule has 0 aliphatic carbocycles. The largest absolute Gasteiger partial charge is 0.377 e. The highest BCUT2D eigenvalue weighted by molar-refractivity contribution is 4.73. The van der Waals surface area contributed by atoms with E-state index in [-0.39, 0.29) is 0 Å². The van der Waals surface area contributed by atoms with E-state index in [9.17, 15) is 0 Å². The molecule has 96 valence electrons. The second kappa shape index (κ2) is 8.04. The third kappa shape index (κ3) is 6.46. The molecule has 16 heavy (non-hydrogen) atoms. The van der Waals surface area contributed by atoms with Crippen LogP contribution in [0.5, 0.6) is 0 Å². The summed E-state index contributed by atoms with van der Waals surface area (Å²) in [7, 11) is 2.19. The van der Waals surface area contributed by atoms with Crippen molar-refractivity contribution >= 4 is 0 Å². The third-order valence-corrected chi connectivity index (χ3v) is 3.20. The minimum atomic E-state index is 0.355. The van der Waals surface area contributed by atoms with Crippen molar-refractivity contribution < 1.29 is 4.74 Å². The minimum absolute atomic E-state index is 0.355. The standard InChI is InChI=1S/C13H28N2O/c1-12(2)16-11-10-15(3)9-7-13-6-4-5-8-14-13/h12-14H,4-11H2,1-3H3. The van der Waals surface area contributed by atoms with Crippen molar-refractivity contribution in [3.63, 3.8) is 0 Å². The summed E-state index contributed by atoms with van der Waals surface area (Å²) in [4.78, 5) is 2.37. The lowest BCUT2D eigenvalue weighted by molar-refractivity contribution is 0.0631. The van der Waals surface area contributed by atoms with E-state index in [2.05, 4.69) is 31.1 Å². The number of ether oxygens (including phenoxy) is 1. The fourth-order valence-corrected chi connectivity index (χ4v) is 2.10. The lowest BCUT2D eigenvalue weighted by Gasteiger charge is -2.26. The van der Waals surface area contributed by atoms with Gasteiger partial charge in [0.1, 0.15) is 0 Å². The molecule has 0 aromatic heterocycles. The topological polar surface area (TPSA) is 24.5 Å². The van der Waals surface area contributed by atoms with E-state index in [1.807, 2.05) is 0 Å². The number of nitrogens with zero attached hydrogens (tertiary/aromatic N) is 1. The van der Waals surface area contributed by atoms with Crippen molar-refractivity contribution in [1.82, 2.24) is 10.2 Å². The zero-order chi connectivity index (χ0) is 11.8. The lowest BCUT2D eigenvalue weighted by atomic mass is 10.0. The van der Waals surface area contributed by atoms with Gasteiger partial charge in [0, 0.05) is 12.6 Å². The molecule has 0 spiro atoms. The highest BCUT2D eigenvalue weighted by Gasteiger charge is 2.12. The molecule has 1 heterocycles. The zero-order valence-electron chi connectivity index (χ0n) is 11.2. The molecule has 1 saturated heterocycles. The minimum Gasteiger partial charge on any atom is -0.377 e. The highest BCUT2D eigenvalue weighted by atomic mass is 16.5. The van der Waals surface area contributed by atoms with E-state index in [1.165, 1.54) is 38.8 Å². The fourth-order valence-electron chi connectivity index (χ4n) is 2.10. The van der Waals surface area contributed by atoms with Crippen LogP contribution >= 0.6 is 0 Å². The van der Waals surface area contributed by atoms with Gasteiger partial charge in [-0.1, -0.05) is 6.42 Å². The van der Waals surface area contributed by atoms with E-state index in [0.717, 1.165) is 19.2 Å². The SMILES string of the molecule is CC(C)OCCN(C)CCC1CCCCN1. The maximum Gasteiger partial charge on any atom is 0.0596 e. The van der Waals surface area contributed by atoms with Gasteiger partial charge in [-0.3, -0.25) is 0 Å². The van der Waals surface area contributed by atoms with Crippen molar-refractivity contribution in [2.45, 2.75) is 51.7 Å². The van der Waals surface area contributed by atoms with Crippen LogP contribution in [-0.2, 0) is 4.74 Å². The Hall–Kier alpha value is -0.120. The Morgan fingerprint density at radius 3 is 2.75 bits per heavy atom. The molecular formula is C13H28N2O. The molecule has 1 rings (SSSR count). The molecule has 1 N–H and O–H groups in total. The van der Waals surface area contributed by atoms with E-state index in [0.29, 0.717) is 6.10 Å². The molecule has 1 atom stereocenters. The summed E-state index contributed by atoms with van der Waals surface area (Å²) in [5, 5.41) is 3.59. The van der Waals surface area contributed by atoms with Crippen molar-refractivity contribution in [3.8, 4) is 0 Å². The molecule has 0 radical (unpaired) electrons. The molecule has 1 fully saturated rings. The van der Waals surface area contributed by atoms with Crippen LogP contribution in [0.4, 0.5) is 0 Å². The second-order valence-electron chi connectivity index (χ2n) is 5.16. The van der Waals surface area contributed by atoms with Crippen LogP contribution in [0.2, 0.25) is 0 Å². The zero-order valence-corrected chi connectivity index (χ0v) is 11.2. The summed E-state index contributed by atoms with van der Waals surface area (Å²) in [6.07, 6.45) is 5.74. The molecule has 1 aliphatic rings. The molecule has 3 heteroatoms. The molecule has 0 saturated carbocycles. The first-order chi connectivity index (χ1) is 7.68. The van der Waals surface area contributed by atoms with Crippen molar-refractivity contribution in [3.05, 3.63) is 0 Å². The number of rotatable bonds is 7. The predicted octanol–water partition coefficient (Wildman–Crippen LogP) is 1.88. The van der Waals surface area contributed by atoms with Crippen LogP contribution in [0, 0.1) is 0 Å². The molecule has 1 aliphatic heterocycles. The van der Waals surface area contributed by atoms with Gasteiger partial charge in [-0.2, -0.15) is 0 Å². The van der Waals surface area contributed by atoms with Crippen LogP contribution in [0.25, 0.3) is 0 Å². The van der Waals surface area contributed by atoms with Gasteiger partial charge in [-0.05, 0) is 53.2 Å². The Kier molecular flexibility index (Phi) is 7.01. The lowest BCUT2D eigenvalue weighted by Crippen LogP contribution is -2.37. The fraction of sp³-hybridized carbons (Fsp3) is 1.00. The second-order valence-corrected chi connectivity index (χ2v) is 5.16. The van der Waals surface area contributed by atoms with E-state index >= 15 is 0 Å². The molecule has 0 aromatic carbocycles. The summed E-state index contributed by atoms with van der Waals surface area (Å²) in [5.74, 6) is 0. The van der Waals surface area contributed by atoms with Gasteiger partial charge < -0.3 is 15.0 Å². The van der Waals surface area contributed by atoms with Gasteiger partial charge in [0.15, 0.2) is 0 Å². The maximum atomic E-state index is 5.55. The van der Waals surface area contributed by atoms with Crippen LogP contribution in [-0.4, -0.2) is 50.3 Å². The summed E-state index contributed by atoms with van der Waals surface area (Å²) in [5.41, 5.74) is 0. The number of piperidine rings is 1. The molecule has 3 nitrogen and oxygen atoms in total. The number of hydrogen-bond acceptors (Lipinski definition) is 3. The van der Waals surface area contributed by atoms with Gasteiger partial charge >= 0.3 is 0 Å². The Bertz CT molecular complexity index is 167. The monoisotopic (exact) mass is 228 g/mol. The summed E-state index contributed by atoms with van der Waals surface area (Å²) < 4.78 is 5.55. The van der Waals surface area contributed by atoms with Gasteiger partial charge in [0.05, 0.1) is 12.7 Å². The first-order valence-corrected chi connectivity index (χ1v) is 6.72. The Morgan fingerprint density at radius 1 is 1.31 bits per heavy atom. The molecule has 0 aromatic rings. The first kappa shape index (κ1) is 13.9. The highest BCUT2D eigenvalue weighted by Crippen LogP contribution is 2.10. The third-order valence-electron chi connectivity index (χ3n) is 3.20. The average Bonchev–Trinajstić information content (AvgIpc) is 2.27. The number of nitrogens with one attached hydrogen (secondary N) is 1. The van der Waals surface area contributed by atoms with Crippen LogP contribution in [0.15, 0.2) is 0 Å². The van der Waals surface area contributed by atoms with Gasteiger partial charge in [-0.25, -0.2) is 0 Å². The van der Waals surface area contributed by atoms with Gasteiger partial charge in [0.2, 0.25) is 0 Å². The maximum absolute atomic E-state index is 5.55. The van der Waals surface area contributed by atoms with Gasteiger partial charge in [-0.15, -0.1) is 0 Å². The molecular weight excluding hydrogens is 200 g/mol. The Balaban J connectivity index is 1.98. The first-order valence-electron chi connectivity index (χ1n) is 6.72. The molecule has 0 bridgehead atoms. The van der Waals surface area contributed by atoms with Crippen LogP contribution in [0.1, 0.15) is 39.5 Å². The van der Waals surface area contributed by atoms with E-state index in [4.69, 9.17) is 4.74 Å². The predicted molar refractivity (Wildman–Crippen MR) is 68.8 cm³/mol. The van der Waals surface area contributed by atoms with Crippen molar-refractivity contribution in [1.29, 1.82) is 0 Å². The molecule has 1 unspecified atom stereocenters. The summed E-state index contributed by atoms with van der Waals surface area (Å²) in [6.45, 7) is 8.47. The van der Waals surface area contributed by atoms with E-state index < -0.39 is 0 Å². The normalized spacial score (nSPS) is 21.9. The number of likely N-dealkylation sites (N-methyl/N-ethyl adjacent to an activating group) is 1. The van der Waals surface area contributed by atoms with Crippen LogP contribution < -0.4 is 5.32 Å². The van der Waals surface area contributed by atoms with Crippen LogP contribution in [0.3, 0.4) is 0 Å². The smallest absolute Gasteiger partial charge is 0.0596 e. The summed E-state index contributed by atoms with van der Waals surface area (Å²) >= 11 is 0. The quantitative estimate of drug-likeness (QED) is 0.720.